The molecule has 2 aromatic heterocycles. The number of aromatic carboxylic acids is 1. The predicted molar refractivity (Wildman–Crippen MR) is 67.2 cm³/mol. The van der Waals surface area contributed by atoms with E-state index < -0.39 is 5.97 Å². The number of pyridine rings is 1. The summed E-state index contributed by atoms with van der Waals surface area (Å²) in [6, 6.07) is 3.26. The van der Waals surface area contributed by atoms with Gasteiger partial charge >= 0.3 is 5.97 Å². The summed E-state index contributed by atoms with van der Waals surface area (Å²) in [5.41, 5.74) is 2.73. The highest BCUT2D eigenvalue weighted by Gasteiger charge is 2.12. The van der Waals surface area contributed by atoms with Gasteiger partial charge in [0.25, 0.3) is 0 Å². The Kier molecular flexibility index (Phi) is 3.88. The Morgan fingerprint density at radius 3 is 3.00 bits per heavy atom. The molecule has 0 radical (unpaired) electrons. The molecule has 0 bridgehead atoms. The minimum atomic E-state index is -1.08. The second-order valence-corrected chi connectivity index (χ2v) is 4.55. The Morgan fingerprint density at radius 2 is 2.33 bits per heavy atom. The van der Waals surface area contributed by atoms with E-state index in [4.69, 9.17) is 9.84 Å². The summed E-state index contributed by atoms with van der Waals surface area (Å²) >= 11 is 1.57. The van der Waals surface area contributed by atoms with Crippen LogP contribution in [-0.2, 0) is 6.42 Å². The fourth-order valence-electron chi connectivity index (χ4n) is 1.49. The van der Waals surface area contributed by atoms with Crippen LogP contribution in [0, 0.1) is 6.92 Å². The van der Waals surface area contributed by atoms with Crippen LogP contribution in [0.1, 0.15) is 21.1 Å². The molecule has 5 nitrogen and oxygen atoms in total. The normalized spacial score (nSPS) is 10.3. The predicted octanol–water partition coefficient (Wildman–Crippen LogP) is 2.17. The van der Waals surface area contributed by atoms with Crippen molar-refractivity contribution in [3.8, 4) is 5.75 Å². The third-order valence-corrected chi connectivity index (χ3v) is 3.40. The number of aryl methyl sites for hydroxylation is 1. The van der Waals surface area contributed by atoms with Gasteiger partial charge in [-0.15, -0.1) is 11.3 Å². The lowest BCUT2D eigenvalue weighted by Crippen LogP contribution is -2.07. The molecule has 6 heteroatoms. The number of ether oxygens (including phenoxy) is 1. The molecule has 0 atom stereocenters. The number of carboxylic acid groups (broad SMARTS) is 1. The molecular formula is C12H12N2O3S. The molecule has 0 saturated heterocycles. The first kappa shape index (κ1) is 12.5. The molecule has 0 amide bonds. The number of thiazole rings is 1. The maximum Gasteiger partial charge on any atom is 0.358 e. The van der Waals surface area contributed by atoms with Crippen molar-refractivity contribution in [1.82, 2.24) is 9.97 Å². The van der Waals surface area contributed by atoms with Crippen molar-refractivity contribution < 1.29 is 14.6 Å². The highest BCUT2D eigenvalue weighted by Crippen LogP contribution is 2.17. The van der Waals surface area contributed by atoms with Crippen LogP contribution in [0.3, 0.4) is 0 Å². The van der Waals surface area contributed by atoms with Crippen LogP contribution in [0.2, 0.25) is 0 Å². The fraction of sp³-hybridized carbons (Fsp3) is 0.250. The minimum Gasteiger partial charge on any atom is -0.491 e. The number of aromatic nitrogens is 2. The molecule has 0 aromatic carbocycles. The maximum absolute atomic E-state index is 10.9. The minimum absolute atomic E-state index is 0.0569. The zero-order valence-electron chi connectivity index (χ0n) is 9.79. The molecule has 94 valence electrons. The van der Waals surface area contributed by atoms with Crippen molar-refractivity contribution in [3.05, 3.63) is 40.1 Å². The standard InChI is InChI=1S/C12H12N2O3S/c1-8-10(18-7-14-8)4-6-17-9-3-2-5-13-11(9)12(15)16/h2-3,5,7H,4,6H2,1H3,(H,15,16). The molecule has 0 aliphatic carbocycles. The third-order valence-electron chi connectivity index (χ3n) is 2.40. The van der Waals surface area contributed by atoms with Crippen LogP contribution in [0.25, 0.3) is 0 Å². The van der Waals surface area contributed by atoms with E-state index in [2.05, 4.69) is 9.97 Å². The van der Waals surface area contributed by atoms with Gasteiger partial charge in [-0.2, -0.15) is 0 Å². The summed E-state index contributed by atoms with van der Waals surface area (Å²) in [6.45, 7) is 2.35. The van der Waals surface area contributed by atoms with Gasteiger partial charge in [-0.3, -0.25) is 0 Å². The molecule has 18 heavy (non-hydrogen) atoms. The number of hydrogen-bond donors (Lipinski definition) is 1. The molecule has 2 heterocycles. The molecule has 1 N–H and O–H groups in total. The van der Waals surface area contributed by atoms with Gasteiger partial charge in [-0.25, -0.2) is 14.8 Å². The first-order chi connectivity index (χ1) is 8.68. The SMILES string of the molecule is Cc1ncsc1CCOc1cccnc1C(=O)O. The third kappa shape index (κ3) is 2.84. The van der Waals surface area contributed by atoms with Crippen LogP contribution < -0.4 is 4.74 Å². The zero-order chi connectivity index (χ0) is 13.0. The average Bonchev–Trinajstić information content (AvgIpc) is 2.76. The Morgan fingerprint density at radius 1 is 1.50 bits per heavy atom. The van der Waals surface area contributed by atoms with Crippen LogP contribution in [0.5, 0.6) is 5.75 Å². The summed E-state index contributed by atoms with van der Waals surface area (Å²) in [7, 11) is 0. The van der Waals surface area contributed by atoms with Crippen molar-refractivity contribution in [2.24, 2.45) is 0 Å². The summed E-state index contributed by atoms with van der Waals surface area (Å²) in [5.74, 6) is -0.785. The van der Waals surface area contributed by atoms with Crippen molar-refractivity contribution in [1.29, 1.82) is 0 Å². The number of rotatable bonds is 5. The van der Waals surface area contributed by atoms with Gasteiger partial charge < -0.3 is 9.84 Å². The van der Waals surface area contributed by atoms with E-state index in [0.717, 1.165) is 10.6 Å². The Labute approximate surface area is 108 Å². The van der Waals surface area contributed by atoms with Gasteiger partial charge in [0.1, 0.15) is 0 Å². The molecule has 2 aromatic rings. The second kappa shape index (κ2) is 5.59. The van der Waals surface area contributed by atoms with Gasteiger partial charge in [0.05, 0.1) is 17.8 Å². The van der Waals surface area contributed by atoms with Gasteiger partial charge in [-0.05, 0) is 19.1 Å². The molecule has 0 fully saturated rings. The average molecular weight is 264 g/mol. The monoisotopic (exact) mass is 264 g/mol. The van der Waals surface area contributed by atoms with Gasteiger partial charge in [-0.1, -0.05) is 0 Å². The molecular weight excluding hydrogens is 252 g/mol. The van der Waals surface area contributed by atoms with Gasteiger partial charge in [0, 0.05) is 17.5 Å². The van der Waals surface area contributed by atoms with E-state index in [1.165, 1.54) is 6.20 Å². The number of nitrogens with zero attached hydrogens (tertiary/aromatic N) is 2. The van der Waals surface area contributed by atoms with E-state index in [0.29, 0.717) is 18.8 Å². The van der Waals surface area contributed by atoms with E-state index in [1.54, 1.807) is 29.0 Å². The van der Waals surface area contributed by atoms with Crippen LogP contribution >= 0.6 is 11.3 Å². The molecule has 0 aliphatic rings. The maximum atomic E-state index is 10.9. The van der Waals surface area contributed by atoms with Crippen LogP contribution in [0.4, 0.5) is 0 Å². The largest absolute Gasteiger partial charge is 0.491 e. The lowest BCUT2D eigenvalue weighted by molar-refractivity contribution is 0.0685. The van der Waals surface area contributed by atoms with Gasteiger partial charge in [0.15, 0.2) is 11.4 Å². The highest BCUT2D eigenvalue weighted by atomic mass is 32.1. The van der Waals surface area contributed by atoms with Crippen molar-refractivity contribution in [2.45, 2.75) is 13.3 Å². The molecule has 0 aliphatic heterocycles. The Bertz CT molecular complexity index is 554. The summed E-state index contributed by atoms with van der Waals surface area (Å²) in [4.78, 5) is 20.0. The number of carboxylic acids is 1. The van der Waals surface area contributed by atoms with E-state index >= 15 is 0 Å². The number of carbonyl (C=O) groups is 1. The van der Waals surface area contributed by atoms with E-state index in [1.807, 2.05) is 6.92 Å². The van der Waals surface area contributed by atoms with E-state index in [9.17, 15) is 4.79 Å². The van der Waals surface area contributed by atoms with Crippen molar-refractivity contribution in [3.63, 3.8) is 0 Å². The second-order valence-electron chi connectivity index (χ2n) is 3.61. The summed E-state index contributed by atoms with van der Waals surface area (Å²) in [6.07, 6.45) is 2.15. The van der Waals surface area contributed by atoms with Crippen LogP contribution in [0.15, 0.2) is 23.8 Å². The lowest BCUT2D eigenvalue weighted by atomic mass is 10.3. The molecule has 0 spiro atoms. The lowest BCUT2D eigenvalue weighted by Gasteiger charge is -2.07. The molecule has 0 unspecified atom stereocenters. The zero-order valence-corrected chi connectivity index (χ0v) is 10.6. The summed E-state index contributed by atoms with van der Waals surface area (Å²) in [5, 5.41) is 8.94. The fourth-order valence-corrected chi connectivity index (χ4v) is 2.25. The highest BCUT2D eigenvalue weighted by molar-refractivity contribution is 7.09. The smallest absolute Gasteiger partial charge is 0.358 e. The van der Waals surface area contributed by atoms with Crippen LogP contribution in [-0.4, -0.2) is 27.7 Å². The first-order valence-electron chi connectivity index (χ1n) is 5.38. The Hall–Kier alpha value is -1.95. The Balaban J connectivity index is 1.99. The van der Waals surface area contributed by atoms with E-state index in [-0.39, 0.29) is 5.69 Å². The van der Waals surface area contributed by atoms with Crippen molar-refractivity contribution in [2.75, 3.05) is 6.61 Å². The summed E-state index contributed by atoms with van der Waals surface area (Å²) < 4.78 is 5.46. The van der Waals surface area contributed by atoms with Crippen molar-refractivity contribution >= 4 is 17.3 Å². The number of hydrogen-bond acceptors (Lipinski definition) is 5. The topological polar surface area (TPSA) is 72.3 Å². The molecule has 0 saturated carbocycles. The molecule has 2 rings (SSSR count). The quantitative estimate of drug-likeness (QED) is 0.896. The van der Waals surface area contributed by atoms with Gasteiger partial charge in [0.2, 0.25) is 0 Å². The first-order valence-corrected chi connectivity index (χ1v) is 6.26.